The predicted molar refractivity (Wildman–Crippen MR) is 67.6 cm³/mol. The van der Waals surface area contributed by atoms with Gasteiger partial charge in [0.1, 0.15) is 0 Å². The molecule has 1 aliphatic carbocycles. The lowest BCUT2D eigenvalue weighted by molar-refractivity contribution is -0.137. The maximum atomic E-state index is 12.4. The molecule has 19 heavy (non-hydrogen) atoms. The van der Waals surface area contributed by atoms with E-state index in [2.05, 4.69) is 0 Å². The highest BCUT2D eigenvalue weighted by Crippen LogP contribution is 2.33. The number of hydrogen-bond donors (Lipinski definition) is 1. The van der Waals surface area contributed by atoms with Crippen molar-refractivity contribution in [1.29, 1.82) is 0 Å². The molecule has 1 nitrogen and oxygen atoms in total. The van der Waals surface area contributed by atoms with Gasteiger partial charge in [-0.05, 0) is 30.0 Å². The van der Waals surface area contributed by atoms with Crippen molar-refractivity contribution in [3.63, 3.8) is 0 Å². The fraction of sp³-hybridized carbons (Fsp3) is 0.600. The number of hydrogen-bond acceptors (Lipinski definition) is 1. The van der Waals surface area contributed by atoms with Gasteiger partial charge in [-0.2, -0.15) is 13.2 Å². The molecule has 1 saturated carbocycles. The van der Waals surface area contributed by atoms with Crippen molar-refractivity contribution in [3.8, 4) is 0 Å². The van der Waals surface area contributed by atoms with Crippen molar-refractivity contribution in [1.82, 2.24) is 0 Å². The first kappa shape index (κ1) is 14.4. The largest absolute Gasteiger partial charge is 0.416 e. The van der Waals surface area contributed by atoms with Gasteiger partial charge in [-0.1, -0.05) is 44.2 Å². The van der Waals surface area contributed by atoms with Crippen LogP contribution in [0, 0.1) is 5.92 Å². The van der Waals surface area contributed by atoms with Gasteiger partial charge in [0.15, 0.2) is 0 Å². The maximum absolute atomic E-state index is 12.4. The lowest BCUT2D eigenvalue weighted by atomic mass is 9.84. The number of aliphatic hydroxyl groups excluding tert-OH is 1. The zero-order valence-electron chi connectivity index (χ0n) is 10.8. The van der Waals surface area contributed by atoms with E-state index in [1.807, 2.05) is 0 Å². The normalized spacial score (nSPS) is 19.4. The van der Waals surface area contributed by atoms with Gasteiger partial charge in [0.05, 0.1) is 11.7 Å². The van der Waals surface area contributed by atoms with Crippen molar-refractivity contribution >= 4 is 0 Å². The van der Waals surface area contributed by atoms with E-state index in [0.29, 0.717) is 17.9 Å². The first-order chi connectivity index (χ1) is 8.97. The molecule has 1 atom stereocenters. The van der Waals surface area contributed by atoms with Crippen molar-refractivity contribution in [2.24, 2.45) is 5.92 Å². The molecule has 0 aromatic heterocycles. The Labute approximate surface area is 111 Å². The Morgan fingerprint density at radius 2 is 1.63 bits per heavy atom. The SMILES string of the molecule is OC(CC1CCCCC1)c1ccc(C(F)(F)F)cc1. The number of benzene rings is 1. The quantitative estimate of drug-likeness (QED) is 0.845. The van der Waals surface area contributed by atoms with Crippen LogP contribution in [0.25, 0.3) is 0 Å². The average Bonchev–Trinajstić information content (AvgIpc) is 2.39. The van der Waals surface area contributed by atoms with E-state index >= 15 is 0 Å². The molecule has 1 N–H and O–H groups in total. The zero-order chi connectivity index (χ0) is 13.9. The monoisotopic (exact) mass is 272 g/mol. The highest BCUT2D eigenvalue weighted by Gasteiger charge is 2.30. The molecule has 0 aliphatic heterocycles. The van der Waals surface area contributed by atoms with Gasteiger partial charge in [-0.25, -0.2) is 0 Å². The molecule has 1 aromatic carbocycles. The average molecular weight is 272 g/mol. The van der Waals surface area contributed by atoms with Gasteiger partial charge in [-0.3, -0.25) is 0 Å². The summed E-state index contributed by atoms with van der Waals surface area (Å²) < 4.78 is 37.3. The summed E-state index contributed by atoms with van der Waals surface area (Å²) in [5, 5.41) is 10.1. The van der Waals surface area contributed by atoms with Gasteiger partial charge in [0, 0.05) is 0 Å². The number of rotatable bonds is 3. The highest BCUT2D eigenvalue weighted by atomic mass is 19.4. The van der Waals surface area contributed by atoms with Gasteiger partial charge >= 0.3 is 6.18 Å². The molecular formula is C15H19F3O. The second kappa shape index (κ2) is 5.95. The minimum Gasteiger partial charge on any atom is -0.388 e. The molecule has 0 bridgehead atoms. The van der Waals surface area contributed by atoms with Gasteiger partial charge in [-0.15, -0.1) is 0 Å². The van der Waals surface area contributed by atoms with Crippen LogP contribution in [-0.4, -0.2) is 5.11 Å². The molecule has 106 valence electrons. The first-order valence-corrected chi connectivity index (χ1v) is 6.82. The fourth-order valence-corrected chi connectivity index (χ4v) is 2.77. The summed E-state index contributed by atoms with van der Waals surface area (Å²) in [6.45, 7) is 0. The molecule has 2 rings (SSSR count). The standard InChI is InChI=1S/C15H19F3O/c16-15(17,18)13-8-6-12(7-9-13)14(19)10-11-4-2-1-3-5-11/h6-9,11,14,19H,1-5,10H2. The number of aliphatic hydroxyl groups is 1. The molecule has 1 unspecified atom stereocenters. The lowest BCUT2D eigenvalue weighted by Crippen LogP contribution is -2.11. The smallest absolute Gasteiger partial charge is 0.388 e. The second-order valence-corrected chi connectivity index (χ2v) is 5.38. The minimum atomic E-state index is -4.31. The van der Waals surface area contributed by atoms with Crippen LogP contribution in [0.1, 0.15) is 55.8 Å². The van der Waals surface area contributed by atoms with Crippen LogP contribution in [-0.2, 0) is 6.18 Å². The summed E-state index contributed by atoms with van der Waals surface area (Å²) >= 11 is 0. The van der Waals surface area contributed by atoms with E-state index in [1.165, 1.54) is 31.4 Å². The summed E-state index contributed by atoms with van der Waals surface area (Å²) in [7, 11) is 0. The highest BCUT2D eigenvalue weighted by molar-refractivity contribution is 5.26. The van der Waals surface area contributed by atoms with Crippen molar-refractivity contribution < 1.29 is 18.3 Å². The summed E-state index contributed by atoms with van der Waals surface area (Å²) in [4.78, 5) is 0. The summed E-state index contributed by atoms with van der Waals surface area (Å²) in [5.74, 6) is 0.506. The number of alkyl halides is 3. The lowest BCUT2D eigenvalue weighted by Gasteiger charge is -2.24. The minimum absolute atomic E-state index is 0.506. The summed E-state index contributed by atoms with van der Waals surface area (Å²) in [6, 6.07) is 4.85. The maximum Gasteiger partial charge on any atom is 0.416 e. The zero-order valence-corrected chi connectivity index (χ0v) is 10.8. The van der Waals surface area contributed by atoms with Crippen LogP contribution in [0.4, 0.5) is 13.2 Å². The third-order valence-electron chi connectivity index (χ3n) is 3.90. The second-order valence-electron chi connectivity index (χ2n) is 5.38. The molecule has 0 radical (unpaired) electrons. The van der Waals surface area contributed by atoms with Gasteiger partial charge in [0.2, 0.25) is 0 Å². The third-order valence-corrected chi connectivity index (χ3v) is 3.90. The Bertz CT molecular complexity index is 391. The van der Waals surface area contributed by atoms with E-state index in [1.54, 1.807) is 0 Å². The van der Waals surface area contributed by atoms with Crippen LogP contribution in [0.2, 0.25) is 0 Å². The number of halogens is 3. The Hall–Kier alpha value is -1.03. The Morgan fingerprint density at radius 3 is 2.16 bits per heavy atom. The summed E-state index contributed by atoms with van der Waals surface area (Å²) in [5.41, 5.74) is -0.0836. The van der Waals surface area contributed by atoms with E-state index in [9.17, 15) is 18.3 Å². The van der Waals surface area contributed by atoms with E-state index in [4.69, 9.17) is 0 Å². The molecule has 0 heterocycles. The first-order valence-electron chi connectivity index (χ1n) is 6.82. The fourth-order valence-electron chi connectivity index (χ4n) is 2.77. The molecule has 1 aromatic rings. The van der Waals surface area contributed by atoms with Crippen LogP contribution < -0.4 is 0 Å². The van der Waals surface area contributed by atoms with Crippen LogP contribution in [0.5, 0.6) is 0 Å². The molecule has 0 amide bonds. The van der Waals surface area contributed by atoms with E-state index in [0.717, 1.165) is 25.0 Å². The van der Waals surface area contributed by atoms with Gasteiger partial charge < -0.3 is 5.11 Å². The Kier molecular flexibility index (Phi) is 4.50. The van der Waals surface area contributed by atoms with Crippen LogP contribution in [0.15, 0.2) is 24.3 Å². The topological polar surface area (TPSA) is 20.2 Å². The third kappa shape index (κ3) is 3.96. The predicted octanol–water partition coefficient (Wildman–Crippen LogP) is 4.71. The van der Waals surface area contributed by atoms with Gasteiger partial charge in [0.25, 0.3) is 0 Å². The Morgan fingerprint density at radius 1 is 1.05 bits per heavy atom. The molecule has 1 aliphatic rings. The van der Waals surface area contributed by atoms with Crippen molar-refractivity contribution in [2.45, 2.75) is 50.8 Å². The Balaban J connectivity index is 1.97. The molecule has 4 heteroatoms. The van der Waals surface area contributed by atoms with Crippen LogP contribution >= 0.6 is 0 Å². The van der Waals surface area contributed by atoms with Crippen LogP contribution in [0.3, 0.4) is 0 Å². The van der Waals surface area contributed by atoms with Crippen molar-refractivity contribution in [2.75, 3.05) is 0 Å². The molecular weight excluding hydrogens is 253 g/mol. The van der Waals surface area contributed by atoms with Crippen molar-refractivity contribution in [3.05, 3.63) is 35.4 Å². The molecule has 1 fully saturated rings. The van der Waals surface area contributed by atoms with E-state index in [-0.39, 0.29) is 0 Å². The van der Waals surface area contributed by atoms with E-state index < -0.39 is 17.8 Å². The molecule has 0 saturated heterocycles. The molecule has 0 spiro atoms. The summed E-state index contributed by atoms with van der Waals surface area (Å²) in [6.07, 6.45) is 1.60.